The predicted molar refractivity (Wildman–Crippen MR) is 134 cm³/mol. The van der Waals surface area contributed by atoms with E-state index in [9.17, 15) is 13.2 Å². The van der Waals surface area contributed by atoms with E-state index < -0.39 is 21.4 Å². The van der Waals surface area contributed by atoms with E-state index in [1.165, 1.54) is 16.4 Å². The molecule has 1 aromatic heterocycles. The van der Waals surface area contributed by atoms with Crippen LogP contribution in [-0.2, 0) is 20.7 Å². The SMILES string of the molecule is O=C1CC(c2ccccc2S(=O)(=O)N2CCN(c3cc(C(F)(F)[C@]45CNC[C@H]4C5)cc(Cl)n3)CC2)CN1. The van der Waals surface area contributed by atoms with E-state index in [0.29, 0.717) is 44.0 Å². The zero-order valence-corrected chi connectivity index (χ0v) is 21.7. The topological polar surface area (TPSA) is 94.6 Å². The molecule has 1 aromatic carbocycles. The van der Waals surface area contributed by atoms with Gasteiger partial charge in [0.15, 0.2) is 0 Å². The Bertz CT molecular complexity index is 1350. The maximum absolute atomic E-state index is 15.6. The first-order valence-electron chi connectivity index (χ1n) is 12.5. The van der Waals surface area contributed by atoms with Crippen LogP contribution in [0.3, 0.4) is 0 Å². The van der Waals surface area contributed by atoms with Crippen LogP contribution >= 0.6 is 11.6 Å². The minimum absolute atomic E-state index is 0.00423. The number of hydrogen-bond donors (Lipinski definition) is 2. The molecule has 0 bridgehead atoms. The third-order valence-electron chi connectivity index (χ3n) is 8.35. The molecular formula is C25H28ClF2N5O3S. The molecule has 4 heterocycles. The lowest BCUT2D eigenvalue weighted by molar-refractivity contribution is -0.119. The van der Waals surface area contributed by atoms with E-state index in [-0.39, 0.29) is 59.4 Å². The van der Waals surface area contributed by atoms with Crippen LogP contribution in [0.1, 0.15) is 29.9 Å². The van der Waals surface area contributed by atoms with Gasteiger partial charge in [-0.25, -0.2) is 22.2 Å². The lowest BCUT2D eigenvalue weighted by Crippen LogP contribution is -2.49. The highest BCUT2D eigenvalue weighted by Gasteiger charge is 2.71. The highest BCUT2D eigenvalue weighted by molar-refractivity contribution is 7.89. The quantitative estimate of drug-likeness (QED) is 0.536. The summed E-state index contributed by atoms with van der Waals surface area (Å²) in [5, 5.41) is 5.83. The molecule has 1 unspecified atom stereocenters. The number of carbonyl (C=O) groups excluding carboxylic acids is 1. The average Bonchev–Trinajstić information content (AvgIpc) is 3.20. The molecule has 0 radical (unpaired) electrons. The Morgan fingerprint density at radius 3 is 2.51 bits per heavy atom. The maximum Gasteiger partial charge on any atom is 0.280 e. The summed E-state index contributed by atoms with van der Waals surface area (Å²) in [6.45, 7) is 2.22. The van der Waals surface area contributed by atoms with Gasteiger partial charge in [-0.05, 0) is 42.6 Å². The van der Waals surface area contributed by atoms with Crippen LogP contribution < -0.4 is 15.5 Å². The summed E-state index contributed by atoms with van der Waals surface area (Å²) in [6.07, 6.45) is 0.747. The van der Waals surface area contributed by atoms with Gasteiger partial charge in [-0.3, -0.25) is 4.79 Å². The first kappa shape index (κ1) is 25.0. The average molecular weight is 552 g/mol. The van der Waals surface area contributed by atoms with Gasteiger partial charge in [-0.1, -0.05) is 29.8 Å². The number of fused-ring (bicyclic) bond motifs is 1. The standard InChI is InChI=1S/C25H28ClF2N5O3S/c26-21-10-17(25(27,28)24-12-18(24)14-29-15-24)11-22(31-21)32-5-7-33(8-6-32)37(35,36)20-4-2-1-3-19(20)16-9-23(34)30-13-16/h1-4,10-11,16,18,29H,5-9,12-15H2,(H,30,34)/t16?,18-,24-/m1/s1. The van der Waals surface area contributed by atoms with Gasteiger partial charge in [0.25, 0.3) is 5.92 Å². The van der Waals surface area contributed by atoms with E-state index in [4.69, 9.17) is 11.6 Å². The number of alkyl halides is 2. The van der Waals surface area contributed by atoms with Crippen molar-refractivity contribution in [2.45, 2.75) is 29.6 Å². The maximum atomic E-state index is 15.6. The number of piperazine rings is 1. The van der Waals surface area contributed by atoms with Gasteiger partial charge in [-0.15, -0.1) is 0 Å². The second-order valence-corrected chi connectivity index (χ2v) is 12.7. The minimum Gasteiger partial charge on any atom is -0.355 e. The number of halogens is 3. The molecule has 1 aliphatic carbocycles. The number of aromatic nitrogens is 1. The molecule has 3 saturated heterocycles. The number of hydrogen-bond acceptors (Lipinski definition) is 6. The van der Waals surface area contributed by atoms with Crippen molar-refractivity contribution in [3.63, 3.8) is 0 Å². The van der Waals surface area contributed by atoms with Crippen molar-refractivity contribution in [1.82, 2.24) is 19.9 Å². The molecule has 8 nitrogen and oxygen atoms in total. The summed E-state index contributed by atoms with van der Waals surface area (Å²) in [4.78, 5) is 18.0. The fourth-order valence-corrected chi connectivity index (χ4v) is 8.03. The van der Waals surface area contributed by atoms with Crippen LogP contribution in [0.5, 0.6) is 0 Å². The monoisotopic (exact) mass is 551 g/mol. The van der Waals surface area contributed by atoms with E-state index in [2.05, 4.69) is 15.6 Å². The summed E-state index contributed by atoms with van der Waals surface area (Å²) >= 11 is 6.19. The first-order valence-corrected chi connectivity index (χ1v) is 14.3. The Kier molecular flexibility index (Phi) is 5.98. The van der Waals surface area contributed by atoms with E-state index in [0.717, 1.165) is 0 Å². The molecule has 6 rings (SSSR count). The fourth-order valence-electron chi connectivity index (χ4n) is 6.12. The number of nitrogens with one attached hydrogen (secondary N) is 2. The summed E-state index contributed by atoms with van der Waals surface area (Å²) in [6, 6.07) is 9.44. The Hall–Kier alpha value is -2.34. The molecule has 4 fully saturated rings. The molecule has 1 amide bonds. The molecule has 3 atom stereocenters. The smallest absolute Gasteiger partial charge is 0.280 e. The van der Waals surface area contributed by atoms with Crippen molar-refractivity contribution in [3.8, 4) is 0 Å². The molecule has 4 aliphatic rings. The van der Waals surface area contributed by atoms with Gasteiger partial charge < -0.3 is 15.5 Å². The normalized spacial score (nSPS) is 28.3. The van der Waals surface area contributed by atoms with Crippen LogP contribution in [0.2, 0.25) is 5.15 Å². The van der Waals surface area contributed by atoms with Crippen LogP contribution in [0.15, 0.2) is 41.3 Å². The number of nitrogens with zero attached hydrogens (tertiary/aromatic N) is 3. The van der Waals surface area contributed by atoms with Crippen molar-refractivity contribution in [2.24, 2.45) is 11.3 Å². The number of piperidine rings is 1. The Morgan fingerprint density at radius 1 is 1.11 bits per heavy atom. The van der Waals surface area contributed by atoms with Crippen molar-refractivity contribution < 1.29 is 22.0 Å². The molecule has 198 valence electrons. The van der Waals surface area contributed by atoms with Crippen molar-refractivity contribution in [1.29, 1.82) is 0 Å². The van der Waals surface area contributed by atoms with E-state index in [1.54, 1.807) is 29.2 Å². The number of rotatable bonds is 6. The van der Waals surface area contributed by atoms with Crippen LogP contribution in [0.25, 0.3) is 0 Å². The third-order valence-corrected chi connectivity index (χ3v) is 10.5. The molecule has 37 heavy (non-hydrogen) atoms. The Balaban J connectivity index is 1.20. The zero-order chi connectivity index (χ0) is 26.0. The Morgan fingerprint density at radius 2 is 1.86 bits per heavy atom. The lowest BCUT2D eigenvalue weighted by atomic mass is 9.91. The zero-order valence-electron chi connectivity index (χ0n) is 20.1. The molecule has 2 N–H and O–H groups in total. The molecule has 3 aliphatic heterocycles. The number of amides is 1. The summed E-state index contributed by atoms with van der Waals surface area (Å²) in [5.74, 6) is -3.03. The molecule has 2 aromatic rings. The second kappa shape index (κ2) is 8.86. The number of anilines is 1. The van der Waals surface area contributed by atoms with Crippen LogP contribution in [0, 0.1) is 11.3 Å². The molecule has 1 saturated carbocycles. The van der Waals surface area contributed by atoms with Crippen molar-refractivity contribution in [2.75, 3.05) is 50.7 Å². The fraction of sp³-hybridized carbons (Fsp3) is 0.520. The van der Waals surface area contributed by atoms with Gasteiger partial charge in [0.05, 0.1) is 10.3 Å². The van der Waals surface area contributed by atoms with Gasteiger partial charge in [0.1, 0.15) is 11.0 Å². The van der Waals surface area contributed by atoms with Crippen LogP contribution in [-0.4, -0.2) is 69.4 Å². The number of benzene rings is 1. The lowest BCUT2D eigenvalue weighted by Gasteiger charge is -2.35. The molecule has 0 spiro atoms. The molecule has 12 heteroatoms. The number of carbonyl (C=O) groups is 1. The van der Waals surface area contributed by atoms with E-state index >= 15 is 8.78 Å². The highest BCUT2D eigenvalue weighted by atomic mass is 35.5. The summed E-state index contributed by atoms with van der Waals surface area (Å²) in [5.41, 5.74) is -0.572. The van der Waals surface area contributed by atoms with Gasteiger partial charge in [0, 0.05) is 57.2 Å². The summed E-state index contributed by atoms with van der Waals surface area (Å²) < 4.78 is 59.7. The van der Waals surface area contributed by atoms with Crippen molar-refractivity contribution in [3.05, 3.63) is 52.7 Å². The van der Waals surface area contributed by atoms with Crippen LogP contribution in [0.4, 0.5) is 14.6 Å². The third kappa shape index (κ3) is 4.10. The van der Waals surface area contributed by atoms with Gasteiger partial charge in [0.2, 0.25) is 15.9 Å². The Labute approximate surface area is 219 Å². The number of sulfonamides is 1. The largest absolute Gasteiger partial charge is 0.355 e. The summed E-state index contributed by atoms with van der Waals surface area (Å²) in [7, 11) is -3.81. The van der Waals surface area contributed by atoms with Gasteiger partial charge >= 0.3 is 0 Å². The molecular weight excluding hydrogens is 524 g/mol. The van der Waals surface area contributed by atoms with Crippen molar-refractivity contribution >= 4 is 33.3 Å². The highest BCUT2D eigenvalue weighted by Crippen LogP contribution is 2.67. The second-order valence-electron chi connectivity index (χ2n) is 10.4. The number of pyridine rings is 1. The minimum atomic E-state index is -3.81. The predicted octanol–water partition coefficient (Wildman–Crippen LogP) is 2.55. The van der Waals surface area contributed by atoms with Gasteiger partial charge in [-0.2, -0.15) is 4.31 Å². The first-order chi connectivity index (χ1) is 17.6. The van der Waals surface area contributed by atoms with E-state index in [1.807, 2.05) is 0 Å².